The molecule has 1 N–H and O–H groups in total. The van der Waals surface area contributed by atoms with E-state index in [0.29, 0.717) is 31.6 Å². The summed E-state index contributed by atoms with van der Waals surface area (Å²) in [6.07, 6.45) is 29.3. The van der Waals surface area contributed by atoms with Crippen molar-refractivity contribution in [1.82, 2.24) is 20.1 Å². The number of likely N-dealkylation sites (tertiary alicyclic amines) is 1. The number of rotatable bonds is 8. The molecule has 0 aromatic carbocycles. The molecule has 40 heavy (non-hydrogen) atoms. The molecule has 0 bridgehead atoms. The number of halogens is 1. The van der Waals surface area contributed by atoms with E-state index < -0.39 is 11.6 Å². The first kappa shape index (κ1) is 32.0. The second-order valence-corrected chi connectivity index (χ2v) is 11.4. The van der Waals surface area contributed by atoms with Crippen molar-refractivity contribution in [2.45, 2.75) is 89.9 Å². The van der Waals surface area contributed by atoms with Crippen LogP contribution in [0.2, 0.25) is 0 Å². The van der Waals surface area contributed by atoms with Gasteiger partial charge in [0.2, 0.25) is 0 Å². The quantitative estimate of drug-likeness (QED) is 0.362. The van der Waals surface area contributed by atoms with Crippen molar-refractivity contribution in [3.8, 4) is 0 Å². The highest BCUT2D eigenvalue weighted by atomic mass is 19.1. The topological polar surface area (TPSA) is 48.5 Å². The predicted molar refractivity (Wildman–Crippen MR) is 165 cm³/mol. The van der Waals surface area contributed by atoms with Gasteiger partial charge in [0, 0.05) is 70.5 Å². The molecule has 2 unspecified atom stereocenters. The van der Waals surface area contributed by atoms with Crippen LogP contribution in [0.1, 0.15) is 77.2 Å². The number of hydrogen-bond donors (Lipinski definition) is 1. The number of carbonyl (C=O) groups is 1. The number of amides is 1. The largest absolute Gasteiger partial charge is 0.353 e. The minimum absolute atomic E-state index is 0.243. The van der Waals surface area contributed by atoms with Crippen LogP contribution < -0.4 is 5.32 Å². The first-order chi connectivity index (χ1) is 19.5. The second kappa shape index (κ2) is 18.0. The Bertz CT molecular complexity index is 965. The van der Waals surface area contributed by atoms with E-state index in [1.165, 1.54) is 12.0 Å². The van der Waals surface area contributed by atoms with Gasteiger partial charge in [0.1, 0.15) is 0 Å². The fraction of sp³-hybridized carbons (Fsp3) is 0.588. The lowest BCUT2D eigenvalue weighted by Gasteiger charge is -2.36. The Morgan fingerprint density at radius 3 is 2.52 bits per heavy atom. The molecule has 5 nitrogen and oxygen atoms in total. The molecule has 0 aliphatic carbocycles. The summed E-state index contributed by atoms with van der Waals surface area (Å²) in [7, 11) is 0. The number of alkyl halides is 1. The standard InChI is InChI=1S/C34H51FN4O/c1-3-32(39-25-15-13-11-9-7-5-4-6-8-10-12-14-16-30(2)28-39)19-24-37-33(40)34(35)20-26-38(27-21-34)29-31-17-22-36-23-18-31/h5,7,10-14,16-18,22-23,30,32H,3-4,6,8-9,15,19-21,24-29H2,1-2H3,(H,37,40)/b7-5-,12-10-,13-11-,16-14-. The number of nitrogens with one attached hydrogen (secondary N) is 1. The Hall–Kier alpha value is -2.57. The van der Waals surface area contributed by atoms with Crippen molar-refractivity contribution < 1.29 is 9.18 Å². The van der Waals surface area contributed by atoms with Gasteiger partial charge in [0.05, 0.1) is 0 Å². The van der Waals surface area contributed by atoms with Crippen molar-refractivity contribution in [1.29, 1.82) is 0 Å². The van der Waals surface area contributed by atoms with Crippen LogP contribution in [-0.4, -0.2) is 65.1 Å². The van der Waals surface area contributed by atoms with Crippen LogP contribution in [0.4, 0.5) is 4.39 Å². The predicted octanol–water partition coefficient (Wildman–Crippen LogP) is 6.80. The van der Waals surface area contributed by atoms with E-state index in [0.717, 1.165) is 58.2 Å². The average Bonchev–Trinajstić information content (AvgIpc) is 2.96. The van der Waals surface area contributed by atoms with Gasteiger partial charge >= 0.3 is 0 Å². The van der Waals surface area contributed by atoms with Crippen LogP contribution in [0.3, 0.4) is 0 Å². The molecule has 2 aliphatic rings. The molecule has 220 valence electrons. The molecule has 0 radical (unpaired) electrons. The van der Waals surface area contributed by atoms with E-state index in [9.17, 15) is 4.79 Å². The number of aromatic nitrogens is 1. The first-order valence-electron chi connectivity index (χ1n) is 15.5. The van der Waals surface area contributed by atoms with Crippen molar-refractivity contribution in [2.75, 3.05) is 32.7 Å². The van der Waals surface area contributed by atoms with E-state index in [1.807, 2.05) is 12.1 Å². The van der Waals surface area contributed by atoms with Crippen molar-refractivity contribution in [3.05, 3.63) is 78.7 Å². The minimum atomic E-state index is -1.77. The van der Waals surface area contributed by atoms with Gasteiger partial charge in [-0.15, -0.1) is 0 Å². The maximum absolute atomic E-state index is 15.6. The van der Waals surface area contributed by atoms with Gasteiger partial charge in [-0.2, -0.15) is 0 Å². The molecule has 1 saturated heterocycles. The van der Waals surface area contributed by atoms with Gasteiger partial charge in [-0.3, -0.25) is 19.6 Å². The molecule has 0 saturated carbocycles. The third-order valence-electron chi connectivity index (χ3n) is 8.10. The van der Waals surface area contributed by atoms with Crippen LogP contribution in [0.25, 0.3) is 0 Å². The van der Waals surface area contributed by atoms with E-state index in [-0.39, 0.29) is 12.8 Å². The van der Waals surface area contributed by atoms with E-state index in [1.54, 1.807) is 12.4 Å². The second-order valence-electron chi connectivity index (χ2n) is 11.4. The van der Waals surface area contributed by atoms with Crippen LogP contribution in [0.15, 0.2) is 73.1 Å². The van der Waals surface area contributed by atoms with Crippen molar-refractivity contribution in [3.63, 3.8) is 0 Å². The van der Waals surface area contributed by atoms with Gasteiger partial charge < -0.3 is 5.32 Å². The fourth-order valence-corrected chi connectivity index (χ4v) is 5.58. The first-order valence-corrected chi connectivity index (χ1v) is 15.5. The Morgan fingerprint density at radius 2 is 1.77 bits per heavy atom. The Kier molecular flexibility index (Phi) is 14.4. The number of hydrogen-bond acceptors (Lipinski definition) is 4. The molecule has 1 aromatic heterocycles. The number of nitrogens with zero attached hydrogens (tertiary/aromatic N) is 3. The summed E-state index contributed by atoms with van der Waals surface area (Å²) >= 11 is 0. The highest BCUT2D eigenvalue weighted by Gasteiger charge is 2.41. The number of allylic oxidation sites excluding steroid dienone is 6. The molecular formula is C34H51FN4O. The van der Waals surface area contributed by atoms with Gasteiger partial charge in [-0.05, 0) is 68.6 Å². The summed E-state index contributed by atoms with van der Waals surface area (Å²) < 4.78 is 15.6. The highest BCUT2D eigenvalue weighted by molar-refractivity contribution is 5.85. The van der Waals surface area contributed by atoms with Gasteiger partial charge in [-0.25, -0.2) is 4.39 Å². The zero-order valence-electron chi connectivity index (χ0n) is 24.8. The Labute approximate surface area is 242 Å². The van der Waals surface area contributed by atoms with Gasteiger partial charge in [0.25, 0.3) is 5.91 Å². The molecule has 1 aromatic rings. The molecule has 1 amide bonds. The van der Waals surface area contributed by atoms with Crippen LogP contribution >= 0.6 is 0 Å². The van der Waals surface area contributed by atoms with Crippen LogP contribution in [0, 0.1) is 5.92 Å². The molecule has 2 aliphatic heterocycles. The van der Waals surface area contributed by atoms with E-state index in [4.69, 9.17) is 0 Å². The van der Waals surface area contributed by atoms with Crippen LogP contribution in [0.5, 0.6) is 0 Å². The van der Waals surface area contributed by atoms with E-state index in [2.05, 4.69) is 82.6 Å². The molecule has 1 fully saturated rings. The van der Waals surface area contributed by atoms with Crippen molar-refractivity contribution >= 4 is 5.91 Å². The van der Waals surface area contributed by atoms with Gasteiger partial charge in [0.15, 0.2) is 5.67 Å². The number of carbonyl (C=O) groups excluding carboxylic acids is 1. The molecule has 3 heterocycles. The summed E-state index contributed by atoms with van der Waals surface area (Å²) in [5.74, 6) is -0.00466. The highest BCUT2D eigenvalue weighted by Crippen LogP contribution is 2.28. The van der Waals surface area contributed by atoms with Crippen LogP contribution in [-0.2, 0) is 11.3 Å². The summed E-state index contributed by atoms with van der Waals surface area (Å²) in [5.41, 5.74) is -0.608. The maximum Gasteiger partial charge on any atom is 0.257 e. The minimum Gasteiger partial charge on any atom is -0.353 e. The molecule has 0 spiro atoms. The lowest BCUT2D eigenvalue weighted by atomic mass is 9.92. The van der Waals surface area contributed by atoms with Crippen molar-refractivity contribution in [2.24, 2.45) is 5.92 Å². The third-order valence-corrected chi connectivity index (χ3v) is 8.10. The summed E-state index contributed by atoms with van der Waals surface area (Å²) in [6.45, 7) is 8.90. The Morgan fingerprint density at radius 1 is 1.05 bits per heavy atom. The molecule has 6 heteroatoms. The SMILES string of the molecule is CCC(CCNC(=O)C1(F)CCN(Cc2ccncc2)CC1)N1CC/C=C\C/C=C\CCC/C=C\C=C/C(C)C1. The Balaban J connectivity index is 1.50. The zero-order chi connectivity index (χ0) is 28.5. The van der Waals surface area contributed by atoms with Gasteiger partial charge in [-0.1, -0.05) is 62.5 Å². The lowest BCUT2D eigenvalue weighted by Crippen LogP contribution is -2.51. The molecule has 2 atom stereocenters. The summed E-state index contributed by atoms with van der Waals surface area (Å²) in [4.78, 5) is 21.8. The lowest BCUT2D eigenvalue weighted by molar-refractivity contribution is -0.136. The fourth-order valence-electron chi connectivity index (χ4n) is 5.58. The van der Waals surface area contributed by atoms with E-state index >= 15 is 4.39 Å². The summed E-state index contributed by atoms with van der Waals surface area (Å²) in [5, 5.41) is 2.96. The monoisotopic (exact) mass is 550 g/mol. The molecule has 3 rings (SSSR count). The normalized spacial score (nSPS) is 25.7. The zero-order valence-corrected chi connectivity index (χ0v) is 24.8. The summed E-state index contributed by atoms with van der Waals surface area (Å²) in [6, 6.07) is 4.32. The smallest absolute Gasteiger partial charge is 0.257 e. The number of piperidine rings is 1. The third kappa shape index (κ3) is 11.5. The molecular weight excluding hydrogens is 499 g/mol. The maximum atomic E-state index is 15.6. The number of pyridine rings is 1. The average molecular weight is 551 g/mol.